The van der Waals surface area contributed by atoms with Crippen molar-refractivity contribution in [2.45, 2.75) is 50.9 Å². The molecule has 0 fully saturated rings. The normalized spacial score (nSPS) is 16.6. The molecule has 2 nitrogen and oxygen atoms in total. The Bertz CT molecular complexity index is 3210. The summed E-state index contributed by atoms with van der Waals surface area (Å²) < 4.78 is 6.68. The smallest absolute Gasteiger partial charge is 0.131 e. The molecule has 1 unspecified atom stereocenters. The molecule has 0 saturated heterocycles. The highest BCUT2D eigenvalue weighted by Crippen LogP contribution is 2.64. The van der Waals surface area contributed by atoms with Crippen LogP contribution in [-0.4, -0.2) is 0 Å². The molecule has 1 heterocycles. The SMILES string of the molecule is CC(C)(C)c1ccc2c(c1)C1(c3ccccc3-2)c2cc(N(c3ccc4c(c3)C(C)(C)c3ccccc3-4)c3ccc4ccc5ccccc5c4c3)ccc2-c2ccoc21. The lowest BCUT2D eigenvalue weighted by Gasteiger charge is -2.32. The molecule has 8 aromatic carbocycles. The Morgan fingerprint density at radius 3 is 1.74 bits per heavy atom. The summed E-state index contributed by atoms with van der Waals surface area (Å²) in [7, 11) is 0. The van der Waals surface area contributed by atoms with Gasteiger partial charge in [0.1, 0.15) is 11.2 Å². The van der Waals surface area contributed by atoms with Crippen LogP contribution in [0.25, 0.3) is 54.9 Å². The second-order valence-corrected chi connectivity index (χ2v) is 18.1. The third kappa shape index (κ3) is 4.33. The molecular weight excluding hydrogens is 703 g/mol. The minimum absolute atomic E-state index is 0.0155. The van der Waals surface area contributed by atoms with E-state index in [4.69, 9.17) is 4.42 Å². The van der Waals surface area contributed by atoms with Crippen LogP contribution < -0.4 is 4.90 Å². The number of furan rings is 1. The van der Waals surface area contributed by atoms with Crippen molar-refractivity contribution in [1.29, 1.82) is 0 Å². The number of nitrogens with zero attached hydrogens (tertiary/aromatic N) is 1. The molecule has 0 N–H and O–H groups in total. The van der Waals surface area contributed by atoms with Gasteiger partial charge in [-0.05, 0) is 131 Å². The van der Waals surface area contributed by atoms with Crippen molar-refractivity contribution in [3.63, 3.8) is 0 Å². The van der Waals surface area contributed by atoms with Gasteiger partial charge in [0.2, 0.25) is 0 Å². The van der Waals surface area contributed by atoms with E-state index in [9.17, 15) is 0 Å². The van der Waals surface area contributed by atoms with E-state index in [2.05, 4.69) is 203 Å². The number of fused-ring (bicyclic) bond motifs is 16. The Hall–Kier alpha value is -6.64. The summed E-state index contributed by atoms with van der Waals surface area (Å²) in [5.41, 5.74) is 18.2. The van der Waals surface area contributed by atoms with Crippen LogP contribution >= 0.6 is 0 Å². The third-order valence-electron chi connectivity index (χ3n) is 13.7. The van der Waals surface area contributed by atoms with Crippen molar-refractivity contribution >= 4 is 38.6 Å². The van der Waals surface area contributed by atoms with Gasteiger partial charge in [-0.1, -0.05) is 156 Å². The van der Waals surface area contributed by atoms with Crippen molar-refractivity contribution in [3.8, 4) is 33.4 Å². The number of rotatable bonds is 3. The highest BCUT2D eigenvalue weighted by atomic mass is 16.3. The molecule has 1 atom stereocenters. The van der Waals surface area contributed by atoms with E-state index in [-0.39, 0.29) is 10.8 Å². The minimum atomic E-state index is -0.593. The van der Waals surface area contributed by atoms with Gasteiger partial charge < -0.3 is 9.32 Å². The number of hydrogen-bond acceptors (Lipinski definition) is 2. The molecule has 12 rings (SSSR count). The summed E-state index contributed by atoms with van der Waals surface area (Å²) in [5, 5.41) is 4.99. The first-order valence-electron chi connectivity index (χ1n) is 20.6. The predicted molar refractivity (Wildman–Crippen MR) is 241 cm³/mol. The summed E-state index contributed by atoms with van der Waals surface area (Å²) in [6.07, 6.45) is 1.88. The van der Waals surface area contributed by atoms with E-state index in [1.54, 1.807) is 0 Å². The van der Waals surface area contributed by atoms with E-state index in [0.717, 1.165) is 22.8 Å². The molecule has 278 valence electrons. The van der Waals surface area contributed by atoms with Gasteiger partial charge in [-0.25, -0.2) is 0 Å². The maximum atomic E-state index is 6.68. The summed E-state index contributed by atoms with van der Waals surface area (Å²) in [5.74, 6) is 1.01. The Morgan fingerprint density at radius 2 is 0.966 bits per heavy atom. The summed E-state index contributed by atoms with van der Waals surface area (Å²) in [6, 6.07) is 61.7. The Balaban J connectivity index is 1.14. The van der Waals surface area contributed by atoms with Gasteiger partial charge in [0.15, 0.2) is 0 Å². The van der Waals surface area contributed by atoms with Crippen LogP contribution in [0.15, 0.2) is 174 Å². The molecule has 1 spiro atoms. The summed E-state index contributed by atoms with van der Waals surface area (Å²) >= 11 is 0. The van der Waals surface area contributed by atoms with Gasteiger partial charge in [-0.2, -0.15) is 0 Å². The van der Waals surface area contributed by atoms with Gasteiger partial charge in [0.25, 0.3) is 0 Å². The van der Waals surface area contributed by atoms with Crippen molar-refractivity contribution in [2.24, 2.45) is 0 Å². The molecule has 3 aliphatic rings. The number of hydrogen-bond donors (Lipinski definition) is 0. The zero-order chi connectivity index (χ0) is 39.1. The molecule has 0 bridgehead atoms. The lowest BCUT2D eigenvalue weighted by molar-refractivity contribution is 0.473. The highest BCUT2D eigenvalue weighted by Gasteiger charge is 2.54. The van der Waals surface area contributed by atoms with Gasteiger partial charge in [0, 0.05) is 28.0 Å². The zero-order valence-electron chi connectivity index (χ0n) is 33.5. The molecule has 0 amide bonds. The molecule has 3 aliphatic carbocycles. The fraction of sp³-hybridized carbons (Fsp3) is 0.143. The number of anilines is 3. The van der Waals surface area contributed by atoms with Crippen molar-refractivity contribution in [1.82, 2.24) is 0 Å². The second kappa shape index (κ2) is 11.5. The molecule has 9 aromatic rings. The first kappa shape index (κ1) is 33.5. The fourth-order valence-electron chi connectivity index (χ4n) is 10.8. The van der Waals surface area contributed by atoms with E-state index < -0.39 is 5.41 Å². The predicted octanol–water partition coefficient (Wildman–Crippen LogP) is 15.0. The summed E-state index contributed by atoms with van der Waals surface area (Å²) in [6.45, 7) is 11.7. The van der Waals surface area contributed by atoms with Crippen molar-refractivity contribution < 1.29 is 4.42 Å². The first-order valence-corrected chi connectivity index (χ1v) is 20.6. The van der Waals surface area contributed by atoms with Gasteiger partial charge in [-0.3, -0.25) is 0 Å². The van der Waals surface area contributed by atoms with E-state index in [1.807, 2.05) is 6.26 Å². The Kier molecular flexibility index (Phi) is 6.63. The Morgan fingerprint density at radius 1 is 0.431 bits per heavy atom. The van der Waals surface area contributed by atoms with Crippen LogP contribution in [-0.2, 0) is 16.2 Å². The zero-order valence-corrected chi connectivity index (χ0v) is 33.5. The highest BCUT2D eigenvalue weighted by molar-refractivity contribution is 6.09. The van der Waals surface area contributed by atoms with Gasteiger partial charge in [0.05, 0.1) is 6.26 Å². The maximum Gasteiger partial charge on any atom is 0.131 e. The molecule has 0 radical (unpaired) electrons. The van der Waals surface area contributed by atoms with Gasteiger partial charge >= 0.3 is 0 Å². The van der Waals surface area contributed by atoms with Crippen LogP contribution in [0.2, 0.25) is 0 Å². The van der Waals surface area contributed by atoms with Crippen LogP contribution in [0.5, 0.6) is 0 Å². The average molecular weight is 746 g/mol. The van der Waals surface area contributed by atoms with Crippen molar-refractivity contribution in [3.05, 3.63) is 209 Å². The monoisotopic (exact) mass is 745 g/mol. The van der Waals surface area contributed by atoms with Crippen LogP contribution in [0, 0.1) is 0 Å². The van der Waals surface area contributed by atoms with E-state index in [1.165, 1.54) is 88.3 Å². The van der Waals surface area contributed by atoms with Crippen LogP contribution in [0.4, 0.5) is 17.1 Å². The molecular formula is C56H43NO. The molecule has 1 aromatic heterocycles. The minimum Gasteiger partial charge on any atom is -0.467 e. The largest absolute Gasteiger partial charge is 0.467 e. The van der Waals surface area contributed by atoms with Gasteiger partial charge in [-0.15, -0.1) is 0 Å². The molecule has 58 heavy (non-hydrogen) atoms. The third-order valence-corrected chi connectivity index (χ3v) is 13.7. The molecule has 0 aliphatic heterocycles. The first-order chi connectivity index (χ1) is 28.1. The Labute approximate surface area is 340 Å². The fourth-order valence-corrected chi connectivity index (χ4v) is 10.8. The summed E-state index contributed by atoms with van der Waals surface area (Å²) in [4.78, 5) is 2.49. The standard InChI is InChI=1S/C56H43NO/c1-54(2,3)36-21-25-44-42-15-9-11-17-49(42)56(51(44)30-36)52-33-39(24-27-45(52)46-28-29-58-53(46)56)57(37-22-20-35-19-18-34-12-6-7-13-40(34)47(35)31-37)38-23-26-43-41-14-8-10-16-48(41)55(4,5)50(43)32-38/h6-33H,1-5H3. The maximum absolute atomic E-state index is 6.68. The topological polar surface area (TPSA) is 16.4 Å². The quantitative estimate of drug-likeness (QED) is 0.167. The lowest BCUT2D eigenvalue weighted by atomic mass is 9.72. The lowest BCUT2D eigenvalue weighted by Crippen LogP contribution is -2.26. The number of benzene rings is 8. The molecule has 2 heteroatoms. The van der Waals surface area contributed by atoms with Crippen LogP contribution in [0.1, 0.15) is 73.8 Å². The second-order valence-electron chi connectivity index (χ2n) is 18.1. The average Bonchev–Trinajstić information content (AvgIpc) is 3.97. The van der Waals surface area contributed by atoms with Crippen LogP contribution in [0.3, 0.4) is 0 Å². The van der Waals surface area contributed by atoms with Crippen molar-refractivity contribution in [2.75, 3.05) is 4.90 Å². The van der Waals surface area contributed by atoms with E-state index in [0.29, 0.717) is 0 Å². The molecule has 0 saturated carbocycles. The van der Waals surface area contributed by atoms with E-state index >= 15 is 0 Å².